The number of rotatable bonds is 7. The number of oxazole rings is 1. The molecular formula is C35H32F3N5O7. The number of fused-ring (bicyclic) bond motifs is 2. The third-order valence-electron chi connectivity index (χ3n) is 8.15. The number of carboxylic acid groups (broad SMARTS) is 1. The molecule has 0 aliphatic carbocycles. The zero-order chi connectivity index (χ0) is 36.1. The minimum atomic E-state index is -3.28. The molecule has 1 aliphatic rings. The third kappa shape index (κ3) is 6.58. The van der Waals surface area contributed by atoms with E-state index in [9.17, 15) is 28.3 Å². The summed E-state index contributed by atoms with van der Waals surface area (Å²) in [5, 5.41) is 12.3. The van der Waals surface area contributed by atoms with E-state index in [4.69, 9.17) is 9.15 Å². The summed E-state index contributed by atoms with van der Waals surface area (Å²) in [4.78, 5) is 48.1. The highest BCUT2D eigenvalue weighted by atomic mass is 19.3. The van der Waals surface area contributed by atoms with Gasteiger partial charge in [0.2, 0.25) is 5.89 Å². The van der Waals surface area contributed by atoms with E-state index in [1.54, 1.807) is 68.5 Å². The van der Waals surface area contributed by atoms with Gasteiger partial charge in [0.25, 0.3) is 5.91 Å². The summed E-state index contributed by atoms with van der Waals surface area (Å²) in [6.07, 6.45) is 0.0292. The Morgan fingerprint density at radius 1 is 1.04 bits per heavy atom. The van der Waals surface area contributed by atoms with Crippen LogP contribution in [0.4, 0.5) is 23.7 Å². The molecule has 3 aromatic carbocycles. The van der Waals surface area contributed by atoms with Gasteiger partial charge in [-0.1, -0.05) is 24.3 Å². The van der Waals surface area contributed by atoms with Crippen LogP contribution in [0.1, 0.15) is 58.7 Å². The summed E-state index contributed by atoms with van der Waals surface area (Å²) in [5.41, 5.74) is 1.61. The van der Waals surface area contributed by atoms with Crippen LogP contribution in [0.25, 0.3) is 33.7 Å². The molecule has 0 saturated carbocycles. The average Bonchev–Trinajstić information content (AvgIpc) is 3.60. The molecule has 0 fully saturated rings. The number of anilines is 1. The van der Waals surface area contributed by atoms with Crippen LogP contribution in [0.3, 0.4) is 0 Å². The molecule has 2 aromatic heterocycles. The number of aromatic nitrogens is 3. The van der Waals surface area contributed by atoms with Gasteiger partial charge in [-0.2, -0.15) is 8.78 Å². The molecule has 2 amide bonds. The van der Waals surface area contributed by atoms with Gasteiger partial charge in [-0.15, -0.1) is 0 Å². The van der Waals surface area contributed by atoms with Crippen LogP contribution in [-0.4, -0.2) is 61.3 Å². The molecule has 0 unspecified atom stereocenters. The Labute approximate surface area is 283 Å². The first-order valence-electron chi connectivity index (χ1n) is 15.5. The van der Waals surface area contributed by atoms with E-state index in [1.807, 2.05) is 0 Å². The highest BCUT2D eigenvalue weighted by molar-refractivity contribution is 6.03. The Hall–Kier alpha value is -5.86. The van der Waals surface area contributed by atoms with E-state index in [2.05, 4.69) is 20.0 Å². The number of carbonyl (C=O) groups excluding carboxylic acids is 2. The largest absolute Gasteiger partial charge is 0.478 e. The average molecular weight is 692 g/mol. The smallest absolute Gasteiger partial charge is 0.410 e. The van der Waals surface area contributed by atoms with Gasteiger partial charge in [0, 0.05) is 43.0 Å². The maximum Gasteiger partial charge on any atom is 0.410 e. The van der Waals surface area contributed by atoms with Crippen LogP contribution in [0, 0.1) is 12.7 Å². The number of ether oxygens (including phenoxy) is 2. The van der Waals surface area contributed by atoms with Gasteiger partial charge < -0.3 is 33.8 Å². The molecule has 12 nitrogen and oxygen atoms in total. The molecular weight excluding hydrogens is 659 g/mol. The standard InChI is InChI=1S/C35H32F3N5O7/c1-17-18(19-9-6-10-20(28(19)36)31-41-23-14-21(32(45)46)26(49-33(37)38)15-27(23)48-31)8-7-11-22(17)40-30(44)29-39-24-16-43(13-12-25(24)42(29)5)34(47)50-35(2,3)4/h6-11,14-15,33H,12-13,16H2,1-5H3,(H,40,44)(H,45,46). The fraction of sp³-hybridized carbons (Fsp3) is 0.286. The Bertz CT molecular complexity index is 2170. The Kier molecular flexibility index (Phi) is 8.76. The molecule has 5 aromatic rings. The van der Waals surface area contributed by atoms with Crippen molar-refractivity contribution in [3.63, 3.8) is 0 Å². The molecule has 50 heavy (non-hydrogen) atoms. The van der Waals surface area contributed by atoms with Crippen LogP contribution in [0.5, 0.6) is 5.75 Å². The first-order chi connectivity index (χ1) is 23.6. The molecule has 0 radical (unpaired) electrons. The van der Waals surface area contributed by atoms with Crippen LogP contribution >= 0.6 is 0 Å². The second-order valence-electron chi connectivity index (χ2n) is 12.7. The van der Waals surface area contributed by atoms with Crippen molar-refractivity contribution in [2.24, 2.45) is 7.05 Å². The Morgan fingerprint density at radius 3 is 2.44 bits per heavy atom. The summed E-state index contributed by atoms with van der Waals surface area (Å²) in [7, 11) is 1.73. The number of carboxylic acids is 1. The highest BCUT2D eigenvalue weighted by Crippen LogP contribution is 2.37. The van der Waals surface area contributed by atoms with Gasteiger partial charge in [-0.25, -0.2) is 23.9 Å². The lowest BCUT2D eigenvalue weighted by molar-refractivity contribution is -0.0502. The number of hydrogen-bond acceptors (Lipinski definition) is 8. The summed E-state index contributed by atoms with van der Waals surface area (Å²) in [6.45, 7) is 4.41. The second kappa shape index (κ2) is 12.9. The minimum Gasteiger partial charge on any atom is -0.478 e. The number of benzene rings is 3. The van der Waals surface area contributed by atoms with Crippen molar-refractivity contribution < 1.29 is 46.6 Å². The number of amides is 2. The van der Waals surface area contributed by atoms with E-state index >= 15 is 4.39 Å². The van der Waals surface area contributed by atoms with E-state index in [1.165, 1.54) is 12.1 Å². The minimum absolute atomic E-state index is 0.00165. The topological polar surface area (TPSA) is 149 Å². The molecule has 3 heterocycles. The molecule has 15 heteroatoms. The van der Waals surface area contributed by atoms with E-state index in [0.717, 1.165) is 17.8 Å². The maximum absolute atomic E-state index is 16.2. The number of imidazole rings is 1. The number of nitrogens with one attached hydrogen (secondary N) is 1. The summed E-state index contributed by atoms with van der Waals surface area (Å²) < 4.78 is 59.2. The summed E-state index contributed by atoms with van der Waals surface area (Å²) in [6, 6.07) is 11.5. The second-order valence-corrected chi connectivity index (χ2v) is 12.7. The molecule has 0 saturated heterocycles. The quantitative estimate of drug-likeness (QED) is 0.181. The first-order valence-corrected chi connectivity index (χ1v) is 15.5. The molecule has 1 aliphatic heterocycles. The summed E-state index contributed by atoms with van der Waals surface area (Å²) >= 11 is 0. The van der Waals surface area contributed by atoms with Crippen molar-refractivity contribution in [1.82, 2.24) is 19.4 Å². The van der Waals surface area contributed by atoms with Gasteiger partial charge in [-0.05, 0) is 57.0 Å². The summed E-state index contributed by atoms with van der Waals surface area (Å²) in [5.74, 6) is -3.43. The van der Waals surface area contributed by atoms with Crippen molar-refractivity contribution in [1.29, 1.82) is 0 Å². The van der Waals surface area contributed by atoms with Crippen molar-refractivity contribution in [3.8, 4) is 28.3 Å². The zero-order valence-electron chi connectivity index (χ0n) is 27.6. The van der Waals surface area contributed by atoms with Gasteiger partial charge in [0.15, 0.2) is 11.4 Å². The van der Waals surface area contributed by atoms with Crippen LogP contribution in [-0.2, 0) is 24.8 Å². The molecule has 6 rings (SSSR count). The van der Waals surface area contributed by atoms with Crippen LogP contribution in [0.2, 0.25) is 0 Å². The monoisotopic (exact) mass is 691 g/mol. The predicted molar refractivity (Wildman–Crippen MR) is 175 cm³/mol. The molecule has 2 N–H and O–H groups in total. The normalized spacial score (nSPS) is 13.0. The lowest BCUT2D eigenvalue weighted by Crippen LogP contribution is -2.40. The predicted octanol–water partition coefficient (Wildman–Crippen LogP) is 7.19. The SMILES string of the molecule is Cc1c(NC(=O)c2nc3c(n2C)CCN(C(=O)OC(C)(C)C)C3)cccc1-c1cccc(-c2nc3cc(C(=O)O)c(OC(F)F)cc3o2)c1F. The zero-order valence-corrected chi connectivity index (χ0v) is 27.6. The first kappa shape index (κ1) is 34.0. The Morgan fingerprint density at radius 2 is 1.74 bits per heavy atom. The molecule has 0 bridgehead atoms. The van der Waals surface area contributed by atoms with Crippen LogP contribution in [0.15, 0.2) is 52.9 Å². The number of halogens is 3. The number of alkyl halides is 2. The maximum atomic E-state index is 16.2. The fourth-order valence-corrected chi connectivity index (χ4v) is 5.79. The number of hydrogen-bond donors (Lipinski definition) is 2. The van der Waals surface area contributed by atoms with Gasteiger partial charge in [-0.3, -0.25) is 4.79 Å². The fourth-order valence-electron chi connectivity index (χ4n) is 5.79. The third-order valence-corrected chi connectivity index (χ3v) is 8.15. The van der Waals surface area contributed by atoms with Crippen molar-refractivity contribution in [3.05, 3.63) is 82.7 Å². The lowest BCUT2D eigenvalue weighted by Gasteiger charge is -2.29. The van der Waals surface area contributed by atoms with E-state index < -0.39 is 47.3 Å². The lowest BCUT2D eigenvalue weighted by atomic mass is 9.96. The van der Waals surface area contributed by atoms with E-state index in [0.29, 0.717) is 35.5 Å². The number of aromatic carboxylic acids is 1. The Balaban J connectivity index is 1.27. The molecule has 0 atom stereocenters. The molecule has 0 spiro atoms. The van der Waals surface area contributed by atoms with E-state index in [-0.39, 0.29) is 40.5 Å². The van der Waals surface area contributed by atoms with Crippen molar-refractivity contribution >= 4 is 34.8 Å². The van der Waals surface area contributed by atoms with Gasteiger partial charge in [0.05, 0.1) is 17.8 Å². The van der Waals surface area contributed by atoms with Crippen LogP contribution < -0.4 is 10.1 Å². The number of carbonyl (C=O) groups is 3. The molecule has 260 valence electrons. The van der Waals surface area contributed by atoms with Crippen molar-refractivity contribution in [2.45, 2.75) is 52.9 Å². The van der Waals surface area contributed by atoms with Gasteiger partial charge in [0.1, 0.15) is 28.2 Å². The van der Waals surface area contributed by atoms with Gasteiger partial charge >= 0.3 is 18.7 Å². The van der Waals surface area contributed by atoms with Crippen molar-refractivity contribution in [2.75, 3.05) is 11.9 Å². The number of nitrogens with zero attached hydrogens (tertiary/aromatic N) is 4. The highest BCUT2D eigenvalue weighted by Gasteiger charge is 2.30.